The van der Waals surface area contributed by atoms with Gasteiger partial charge in [0, 0.05) is 6.20 Å². The third-order valence-electron chi connectivity index (χ3n) is 2.39. The van der Waals surface area contributed by atoms with Crippen molar-refractivity contribution in [2.24, 2.45) is 0 Å². The van der Waals surface area contributed by atoms with Gasteiger partial charge >= 0.3 is 0 Å². The molecular formula is C13H11ClN4. The predicted molar refractivity (Wildman–Crippen MR) is 70.3 cm³/mol. The van der Waals surface area contributed by atoms with Gasteiger partial charge in [-0.1, -0.05) is 11.6 Å². The number of hydrogen-bond acceptors (Lipinski definition) is 4. The van der Waals surface area contributed by atoms with Crippen LogP contribution in [-0.4, -0.2) is 9.97 Å². The number of halogens is 1. The highest BCUT2D eigenvalue weighted by atomic mass is 35.5. The Balaban J connectivity index is 2.06. The molecule has 1 aromatic heterocycles. The van der Waals surface area contributed by atoms with Crippen molar-refractivity contribution in [2.75, 3.05) is 5.32 Å². The van der Waals surface area contributed by atoms with Crippen molar-refractivity contribution >= 4 is 17.3 Å². The fourth-order valence-corrected chi connectivity index (χ4v) is 1.67. The fourth-order valence-electron chi connectivity index (χ4n) is 1.42. The van der Waals surface area contributed by atoms with Crippen LogP contribution in [-0.2, 0) is 6.54 Å². The molecule has 0 amide bonds. The van der Waals surface area contributed by atoms with Crippen molar-refractivity contribution in [1.82, 2.24) is 9.97 Å². The lowest BCUT2D eigenvalue weighted by molar-refractivity contribution is 0.984. The zero-order chi connectivity index (χ0) is 13.0. The summed E-state index contributed by atoms with van der Waals surface area (Å²) in [5, 5.41) is 12.4. The second-order valence-corrected chi connectivity index (χ2v) is 4.22. The first-order valence-corrected chi connectivity index (χ1v) is 5.78. The van der Waals surface area contributed by atoms with Crippen molar-refractivity contribution < 1.29 is 0 Å². The number of aryl methyl sites for hydroxylation is 1. The molecule has 0 atom stereocenters. The van der Waals surface area contributed by atoms with Gasteiger partial charge in [0.15, 0.2) is 0 Å². The largest absolute Gasteiger partial charge is 0.378 e. The molecule has 0 spiro atoms. The van der Waals surface area contributed by atoms with Crippen LogP contribution in [0.1, 0.15) is 17.0 Å². The zero-order valence-corrected chi connectivity index (χ0v) is 10.6. The first-order valence-electron chi connectivity index (χ1n) is 5.40. The van der Waals surface area contributed by atoms with Crippen molar-refractivity contribution in [3.63, 3.8) is 0 Å². The highest BCUT2D eigenvalue weighted by Gasteiger charge is 2.02. The summed E-state index contributed by atoms with van der Waals surface area (Å²) >= 11 is 6.05. The summed E-state index contributed by atoms with van der Waals surface area (Å²) in [6, 6.07) is 7.17. The Morgan fingerprint density at radius 3 is 2.78 bits per heavy atom. The van der Waals surface area contributed by atoms with Gasteiger partial charge in [-0.2, -0.15) is 5.26 Å². The Bertz CT molecular complexity index is 587. The molecule has 1 aromatic carbocycles. The van der Waals surface area contributed by atoms with Crippen LogP contribution in [0, 0.1) is 18.3 Å². The number of anilines is 1. The van der Waals surface area contributed by atoms with Crippen LogP contribution < -0.4 is 5.32 Å². The van der Waals surface area contributed by atoms with Crippen LogP contribution in [0.25, 0.3) is 0 Å². The second kappa shape index (κ2) is 5.48. The molecule has 90 valence electrons. The molecule has 4 nitrogen and oxygen atoms in total. The van der Waals surface area contributed by atoms with E-state index in [4.69, 9.17) is 16.9 Å². The number of rotatable bonds is 3. The molecule has 1 N–H and O–H groups in total. The molecule has 2 aromatic rings. The van der Waals surface area contributed by atoms with Gasteiger partial charge < -0.3 is 5.32 Å². The van der Waals surface area contributed by atoms with E-state index in [0.29, 0.717) is 17.1 Å². The third kappa shape index (κ3) is 2.96. The molecule has 0 fully saturated rings. The lowest BCUT2D eigenvalue weighted by Gasteiger charge is -2.07. The van der Waals surface area contributed by atoms with Crippen molar-refractivity contribution in [3.8, 4) is 6.07 Å². The molecule has 0 unspecified atom stereocenters. The molecular weight excluding hydrogens is 248 g/mol. The van der Waals surface area contributed by atoms with E-state index in [0.717, 1.165) is 17.1 Å². The monoisotopic (exact) mass is 258 g/mol. The summed E-state index contributed by atoms with van der Waals surface area (Å²) in [5.74, 6) is 0. The lowest BCUT2D eigenvalue weighted by atomic mass is 10.2. The summed E-state index contributed by atoms with van der Waals surface area (Å²) in [6.07, 6.45) is 3.44. The smallest absolute Gasteiger partial charge is 0.0992 e. The van der Waals surface area contributed by atoms with Gasteiger partial charge in [0.2, 0.25) is 0 Å². The van der Waals surface area contributed by atoms with Crippen LogP contribution in [0.15, 0.2) is 30.6 Å². The van der Waals surface area contributed by atoms with Gasteiger partial charge in [0.25, 0.3) is 0 Å². The molecule has 18 heavy (non-hydrogen) atoms. The Labute approximate surface area is 110 Å². The van der Waals surface area contributed by atoms with Crippen LogP contribution in [0.2, 0.25) is 5.02 Å². The van der Waals surface area contributed by atoms with E-state index < -0.39 is 0 Å². The summed E-state index contributed by atoms with van der Waals surface area (Å²) < 4.78 is 0. The normalized spacial score (nSPS) is 9.83. The average molecular weight is 259 g/mol. The quantitative estimate of drug-likeness (QED) is 0.920. The molecule has 0 bridgehead atoms. The number of nitriles is 1. The van der Waals surface area contributed by atoms with E-state index in [1.54, 1.807) is 30.6 Å². The number of nitrogens with zero attached hydrogens (tertiary/aromatic N) is 3. The Hall–Kier alpha value is -2.12. The van der Waals surface area contributed by atoms with Crippen LogP contribution in [0.5, 0.6) is 0 Å². The standard InChI is InChI=1S/C13H11ClN4/c1-9-6-17-11(7-16-9)8-18-13-3-2-10(5-15)4-12(13)14/h2-4,6-7,18H,8H2,1H3. The topological polar surface area (TPSA) is 61.6 Å². The van der Waals surface area contributed by atoms with Gasteiger partial charge in [-0.25, -0.2) is 0 Å². The fraction of sp³-hybridized carbons (Fsp3) is 0.154. The Kier molecular flexibility index (Phi) is 3.75. The van der Waals surface area contributed by atoms with Crippen molar-refractivity contribution in [1.29, 1.82) is 5.26 Å². The van der Waals surface area contributed by atoms with E-state index in [-0.39, 0.29) is 0 Å². The molecule has 5 heteroatoms. The molecule has 0 aliphatic rings. The summed E-state index contributed by atoms with van der Waals surface area (Å²) in [5.41, 5.74) is 3.04. The van der Waals surface area contributed by atoms with Crippen LogP contribution in [0.3, 0.4) is 0 Å². The Morgan fingerprint density at radius 1 is 1.33 bits per heavy atom. The van der Waals surface area contributed by atoms with Gasteiger partial charge in [0.1, 0.15) is 0 Å². The lowest BCUT2D eigenvalue weighted by Crippen LogP contribution is -2.03. The maximum absolute atomic E-state index is 8.74. The molecule has 0 saturated carbocycles. The minimum absolute atomic E-state index is 0.522. The van der Waals surface area contributed by atoms with E-state index >= 15 is 0 Å². The van der Waals surface area contributed by atoms with Crippen LogP contribution in [0.4, 0.5) is 5.69 Å². The molecule has 0 radical (unpaired) electrons. The van der Waals surface area contributed by atoms with Gasteiger partial charge in [-0.05, 0) is 25.1 Å². The summed E-state index contributed by atoms with van der Waals surface area (Å²) in [4.78, 5) is 8.40. The average Bonchev–Trinajstić information content (AvgIpc) is 2.39. The minimum atomic E-state index is 0.522. The van der Waals surface area contributed by atoms with Crippen LogP contribution >= 0.6 is 11.6 Å². The van der Waals surface area contributed by atoms with Gasteiger partial charge in [-0.15, -0.1) is 0 Å². The minimum Gasteiger partial charge on any atom is -0.378 e. The molecule has 2 rings (SSSR count). The first kappa shape index (κ1) is 12.3. The molecule has 0 saturated heterocycles. The van der Waals surface area contributed by atoms with Crippen molar-refractivity contribution in [2.45, 2.75) is 13.5 Å². The van der Waals surface area contributed by atoms with E-state index in [1.807, 2.05) is 13.0 Å². The van der Waals surface area contributed by atoms with Crippen molar-refractivity contribution in [3.05, 3.63) is 52.6 Å². The first-order chi connectivity index (χ1) is 8.69. The molecule has 0 aliphatic heterocycles. The predicted octanol–water partition coefficient (Wildman–Crippen LogP) is 2.92. The highest BCUT2D eigenvalue weighted by molar-refractivity contribution is 6.33. The van der Waals surface area contributed by atoms with E-state index in [9.17, 15) is 0 Å². The second-order valence-electron chi connectivity index (χ2n) is 3.81. The summed E-state index contributed by atoms with van der Waals surface area (Å²) in [7, 11) is 0. The van der Waals surface area contributed by atoms with Gasteiger partial charge in [0.05, 0.1) is 46.5 Å². The van der Waals surface area contributed by atoms with Gasteiger partial charge in [-0.3, -0.25) is 9.97 Å². The number of hydrogen-bond donors (Lipinski definition) is 1. The number of benzene rings is 1. The SMILES string of the molecule is Cc1cnc(CNc2ccc(C#N)cc2Cl)cn1. The summed E-state index contributed by atoms with van der Waals surface area (Å²) in [6.45, 7) is 2.43. The molecule has 0 aliphatic carbocycles. The highest BCUT2D eigenvalue weighted by Crippen LogP contribution is 2.23. The third-order valence-corrected chi connectivity index (χ3v) is 2.71. The maximum atomic E-state index is 8.74. The number of aromatic nitrogens is 2. The van der Waals surface area contributed by atoms with E-state index in [1.165, 1.54) is 0 Å². The zero-order valence-electron chi connectivity index (χ0n) is 9.81. The van der Waals surface area contributed by atoms with E-state index in [2.05, 4.69) is 15.3 Å². The Morgan fingerprint density at radius 2 is 2.17 bits per heavy atom. The maximum Gasteiger partial charge on any atom is 0.0992 e. The number of nitrogens with one attached hydrogen (secondary N) is 1. The molecule has 1 heterocycles.